The predicted molar refractivity (Wildman–Crippen MR) is 138 cm³/mol. The van der Waals surface area contributed by atoms with E-state index in [0.29, 0.717) is 38.7 Å². The van der Waals surface area contributed by atoms with Gasteiger partial charge in [0.1, 0.15) is 6.61 Å². The molecule has 9 heteroatoms. The maximum atomic E-state index is 12.2. The number of carbonyl (C=O) groups excluding carboxylic acids is 1. The van der Waals surface area contributed by atoms with E-state index in [-0.39, 0.29) is 12.5 Å². The van der Waals surface area contributed by atoms with Gasteiger partial charge < -0.3 is 9.47 Å². The van der Waals surface area contributed by atoms with Crippen LogP contribution in [0.15, 0.2) is 59.7 Å². The minimum Gasteiger partial charge on any atom is -0.490 e. The number of hydrazone groups is 1. The molecule has 0 saturated carbocycles. The molecule has 5 nitrogen and oxygen atoms in total. The summed E-state index contributed by atoms with van der Waals surface area (Å²) in [5.74, 6) is 0.827. The van der Waals surface area contributed by atoms with E-state index in [1.807, 2.05) is 19.1 Å². The van der Waals surface area contributed by atoms with Crippen LogP contribution in [0.5, 0.6) is 11.5 Å². The van der Waals surface area contributed by atoms with Crippen molar-refractivity contribution < 1.29 is 14.3 Å². The van der Waals surface area contributed by atoms with Crippen molar-refractivity contribution in [2.45, 2.75) is 13.5 Å². The third kappa shape index (κ3) is 6.75. The van der Waals surface area contributed by atoms with E-state index in [0.717, 1.165) is 14.7 Å². The molecular formula is C23H18Cl3IN2O3. The topological polar surface area (TPSA) is 59.9 Å². The largest absolute Gasteiger partial charge is 0.490 e. The summed E-state index contributed by atoms with van der Waals surface area (Å²) >= 11 is 20.2. The van der Waals surface area contributed by atoms with Crippen LogP contribution in [0.2, 0.25) is 15.1 Å². The Morgan fingerprint density at radius 3 is 2.44 bits per heavy atom. The molecule has 0 aromatic heterocycles. The van der Waals surface area contributed by atoms with Gasteiger partial charge in [-0.05, 0) is 83.6 Å². The van der Waals surface area contributed by atoms with Gasteiger partial charge in [0.2, 0.25) is 0 Å². The highest BCUT2D eigenvalue weighted by atomic mass is 127. The molecule has 0 spiro atoms. The molecule has 0 aliphatic heterocycles. The summed E-state index contributed by atoms with van der Waals surface area (Å²) < 4.78 is 12.6. The fraction of sp³-hybridized carbons (Fsp3) is 0.130. The minimum atomic E-state index is -0.336. The zero-order valence-electron chi connectivity index (χ0n) is 16.9. The summed E-state index contributed by atoms with van der Waals surface area (Å²) in [6, 6.07) is 15.5. The molecule has 3 aromatic carbocycles. The molecule has 0 heterocycles. The first-order valence-electron chi connectivity index (χ1n) is 9.49. The van der Waals surface area contributed by atoms with Crippen molar-refractivity contribution in [3.8, 4) is 11.5 Å². The van der Waals surface area contributed by atoms with E-state index in [2.05, 4.69) is 33.1 Å². The fourth-order valence-electron chi connectivity index (χ4n) is 2.69. The zero-order chi connectivity index (χ0) is 23.1. The van der Waals surface area contributed by atoms with Gasteiger partial charge in [-0.1, -0.05) is 40.9 Å². The van der Waals surface area contributed by atoms with Gasteiger partial charge in [-0.2, -0.15) is 5.10 Å². The lowest BCUT2D eigenvalue weighted by Gasteiger charge is -2.15. The number of nitrogens with zero attached hydrogens (tertiary/aromatic N) is 1. The number of carbonyl (C=O) groups is 1. The molecule has 0 aliphatic rings. The molecule has 1 N–H and O–H groups in total. The third-order valence-electron chi connectivity index (χ3n) is 4.20. The van der Waals surface area contributed by atoms with Crippen LogP contribution in [0.3, 0.4) is 0 Å². The summed E-state index contributed by atoms with van der Waals surface area (Å²) in [5.41, 5.74) is 4.51. The first kappa shape index (κ1) is 24.6. The molecule has 32 heavy (non-hydrogen) atoms. The number of ether oxygens (including phenoxy) is 2. The quantitative estimate of drug-likeness (QED) is 0.172. The van der Waals surface area contributed by atoms with Gasteiger partial charge in [-0.3, -0.25) is 4.79 Å². The number of halogens is 4. The summed E-state index contributed by atoms with van der Waals surface area (Å²) in [5, 5.41) is 5.70. The van der Waals surface area contributed by atoms with Gasteiger partial charge >= 0.3 is 0 Å². The molecule has 1 amide bonds. The van der Waals surface area contributed by atoms with E-state index >= 15 is 0 Å². The Morgan fingerprint density at radius 2 is 1.75 bits per heavy atom. The van der Waals surface area contributed by atoms with E-state index in [4.69, 9.17) is 44.3 Å². The first-order valence-corrected chi connectivity index (χ1v) is 11.7. The van der Waals surface area contributed by atoms with E-state index in [9.17, 15) is 4.79 Å². The average molecular weight is 604 g/mol. The van der Waals surface area contributed by atoms with Crippen molar-refractivity contribution in [1.29, 1.82) is 0 Å². The normalized spacial score (nSPS) is 10.9. The fourth-order valence-corrected chi connectivity index (χ4v) is 4.06. The summed E-state index contributed by atoms with van der Waals surface area (Å²) in [7, 11) is 0. The van der Waals surface area contributed by atoms with Crippen LogP contribution in [0.1, 0.15) is 28.4 Å². The molecule has 0 fully saturated rings. The molecule has 3 aromatic rings. The van der Waals surface area contributed by atoms with E-state index in [1.54, 1.807) is 48.7 Å². The van der Waals surface area contributed by atoms with Gasteiger partial charge in [-0.25, -0.2) is 5.43 Å². The van der Waals surface area contributed by atoms with Crippen LogP contribution in [0, 0.1) is 3.57 Å². The number of rotatable bonds is 8. The van der Waals surface area contributed by atoms with Crippen LogP contribution in [0.4, 0.5) is 0 Å². The van der Waals surface area contributed by atoms with Crippen molar-refractivity contribution in [2.24, 2.45) is 5.10 Å². The smallest absolute Gasteiger partial charge is 0.271 e. The van der Waals surface area contributed by atoms with Crippen molar-refractivity contribution >= 4 is 69.5 Å². The highest BCUT2D eigenvalue weighted by Crippen LogP contribution is 2.35. The Labute approximate surface area is 214 Å². The second kappa shape index (κ2) is 11.7. The lowest BCUT2D eigenvalue weighted by molar-refractivity contribution is 0.0955. The number of hydrogen-bond donors (Lipinski definition) is 1. The van der Waals surface area contributed by atoms with Gasteiger partial charge in [-0.15, -0.1) is 0 Å². The van der Waals surface area contributed by atoms with Gasteiger partial charge in [0.05, 0.1) is 16.4 Å². The van der Waals surface area contributed by atoms with Gasteiger partial charge in [0.25, 0.3) is 5.91 Å². The van der Waals surface area contributed by atoms with Crippen LogP contribution < -0.4 is 14.9 Å². The van der Waals surface area contributed by atoms with Crippen LogP contribution in [-0.4, -0.2) is 18.7 Å². The maximum Gasteiger partial charge on any atom is 0.271 e. The van der Waals surface area contributed by atoms with Crippen molar-refractivity contribution in [3.63, 3.8) is 0 Å². The third-order valence-corrected chi connectivity index (χ3v) is 5.85. The monoisotopic (exact) mass is 602 g/mol. The van der Waals surface area contributed by atoms with Gasteiger partial charge in [0.15, 0.2) is 11.5 Å². The Hall–Kier alpha value is -2.00. The van der Waals surface area contributed by atoms with E-state index in [1.165, 1.54) is 0 Å². The summed E-state index contributed by atoms with van der Waals surface area (Å²) in [6.07, 6.45) is 1.54. The minimum absolute atomic E-state index is 0.261. The van der Waals surface area contributed by atoms with Crippen molar-refractivity contribution in [3.05, 3.63) is 89.9 Å². The van der Waals surface area contributed by atoms with Gasteiger partial charge in [0, 0.05) is 26.2 Å². The standard InChI is InChI=1S/C23H18Cl3IN2O3/c1-2-31-21-10-14(12-28-29-23(30)15-3-6-17(24)7-4-15)9-20(27)22(21)32-13-16-5-8-18(25)11-19(16)26/h3-12H,2,13H2,1H3,(H,29,30)/b28-12-. The highest BCUT2D eigenvalue weighted by molar-refractivity contribution is 14.1. The molecule has 0 aliphatic carbocycles. The molecule has 0 atom stereocenters. The van der Waals surface area contributed by atoms with Crippen LogP contribution >= 0.6 is 57.4 Å². The van der Waals surface area contributed by atoms with Crippen LogP contribution in [-0.2, 0) is 6.61 Å². The lowest BCUT2D eigenvalue weighted by atomic mass is 10.2. The molecule has 0 radical (unpaired) electrons. The SMILES string of the molecule is CCOc1cc(/C=N\NC(=O)c2ccc(Cl)cc2)cc(I)c1OCc1ccc(Cl)cc1Cl. The Bertz CT molecular complexity index is 1140. The first-order chi connectivity index (χ1) is 15.4. The second-order valence-corrected chi connectivity index (χ2v) is 8.94. The predicted octanol–water partition coefficient (Wildman–Crippen LogP) is 6.99. The molecule has 0 unspecified atom stereocenters. The summed E-state index contributed by atoms with van der Waals surface area (Å²) in [6.45, 7) is 2.61. The molecule has 0 bridgehead atoms. The molecule has 166 valence electrons. The number of hydrogen-bond acceptors (Lipinski definition) is 4. The van der Waals surface area contributed by atoms with Crippen molar-refractivity contribution in [2.75, 3.05) is 6.61 Å². The maximum absolute atomic E-state index is 12.2. The average Bonchev–Trinajstić information content (AvgIpc) is 2.75. The Balaban J connectivity index is 1.73. The lowest BCUT2D eigenvalue weighted by Crippen LogP contribution is -2.17. The van der Waals surface area contributed by atoms with Crippen molar-refractivity contribution in [1.82, 2.24) is 5.43 Å². The zero-order valence-corrected chi connectivity index (χ0v) is 21.3. The molecule has 3 rings (SSSR count). The Morgan fingerprint density at radius 1 is 1.03 bits per heavy atom. The van der Waals surface area contributed by atoms with E-state index < -0.39 is 0 Å². The van der Waals surface area contributed by atoms with Crippen LogP contribution in [0.25, 0.3) is 0 Å². The summed E-state index contributed by atoms with van der Waals surface area (Å²) in [4.78, 5) is 12.2. The number of amides is 1. The highest BCUT2D eigenvalue weighted by Gasteiger charge is 2.13. The molecular weight excluding hydrogens is 586 g/mol. The number of nitrogens with one attached hydrogen (secondary N) is 1. The Kier molecular flexibility index (Phi) is 9.04. The second-order valence-electron chi connectivity index (χ2n) is 6.49. The number of benzene rings is 3. The molecule has 0 saturated heterocycles.